The normalized spacial score (nSPS) is 22.4. The van der Waals surface area contributed by atoms with E-state index >= 15 is 0 Å². The number of aliphatic hydroxyl groups is 2. The lowest BCUT2D eigenvalue weighted by Crippen LogP contribution is -2.39. The van der Waals surface area contributed by atoms with Crippen molar-refractivity contribution in [3.63, 3.8) is 0 Å². The van der Waals surface area contributed by atoms with Crippen molar-refractivity contribution in [3.8, 4) is 0 Å². The number of fused-ring (bicyclic) bond motifs is 1. The van der Waals surface area contributed by atoms with Gasteiger partial charge in [-0.2, -0.15) is 4.80 Å². The van der Waals surface area contributed by atoms with Crippen molar-refractivity contribution in [2.75, 3.05) is 18.1 Å². The number of nitrogens with zero attached hydrogens (tertiary/aromatic N) is 10. The lowest BCUT2D eigenvalue weighted by atomic mass is 9.96. The van der Waals surface area contributed by atoms with Gasteiger partial charge in [-0.3, -0.25) is 0 Å². The summed E-state index contributed by atoms with van der Waals surface area (Å²) in [6.07, 6.45) is 2.11. The van der Waals surface area contributed by atoms with Gasteiger partial charge in [0.05, 0.1) is 24.8 Å². The summed E-state index contributed by atoms with van der Waals surface area (Å²) in [6, 6.07) is -0.0672. The lowest BCUT2D eigenvalue weighted by molar-refractivity contribution is 0.128. The van der Waals surface area contributed by atoms with Gasteiger partial charge in [0.1, 0.15) is 12.4 Å². The van der Waals surface area contributed by atoms with E-state index in [4.69, 9.17) is 4.98 Å². The van der Waals surface area contributed by atoms with Crippen LogP contribution < -0.4 is 4.90 Å². The Kier molecular flexibility index (Phi) is 4.43. The first kappa shape index (κ1) is 19.2. The highest BCUT2D eigenvalue weighted by molar-refractivity contribution is 5.83. The third-order valence-corrected chi connectivity index (χ3v) is 5.65. The van der Waals surface area contributed by atoms with E-state index < -0.39 is 12.1 Å². The fourth-order valence-electron chi connectivity index (χ4n) is 3.81. The fourth-order valence-corrected chi connectivity index (χ4v) is 3.81. The van der Waals surface area contributed by atoms with Gasteiger partial charge in [-0.05, 0) is 29.7 Å². The Balaban J connectivity index is 1.58. The van der Waals surface area contributed by atoms with Gasteiger partial charge in [-0.25, -0.2) is 14.6 Å². The van der Waals surface area contributed by atoms with Crippen LogP contribution in [0.3, 0.4) is 0 Å². The first-order chi connectivity index (χ1) is 14.3. The Hall–Kier alpha value is -2.73. The van der Waals surface area contributed by atoms with Gasteiger partial charge < -0.3 is 15.1 Å². The summed E-state index contributed by atoms with van der Waals surface area (Å²) in [5.74, 6) is 1.93. The number of tetrazole rings is 1. The van der Waals surface area contributed by atoms with Crippen LogP contribution in [0.4, 0.5) is 5.82 Å². The minimum atomic E-state index is -0.615. The van der Waals surface area contributed by atoms with Crippen LogP contribution in [0, 0.1) is 0 Å². The molecule has 2 atom stereocenters. The van der Waals surface area contributed by atoms with Gasteiger partial charge in [0.15, 0.2) is 17.2 Å². The molecule has 12 nitrogen and oxygen atoms in total. The van der Waals surface area contributed by atoms with Crippen molar-refractivity contribution in [2.24, 2.45) is 0 Å². The highest BCUT2D eigenvalue weighted by atomic mass is 16.3. The molecule has 2 fully saturated rings. The van der Waals surface area contributed by atoms with Crippen molar-refractivity contribution in [3.05, 3.63) is 11.6 Å². The highest BCUT2D eigenvalue weighted by Gasteiger charge is 2.36. The van der Waals surface area contributed by atoms with Crippen LogP contribution in [0.2, 0.25) is 0 Å². The van der Waals surface area contributed by atoms with Crippen LogP contribution in [0.25, 0.3) is 11.2 Å². The first-order valence-corrected chi connectivity index (χ1v) is 10.3. The van der Waals surface area contributed by atoms with Crippen molar-refractivity contribution >= 4 is 17.0 Å². The van der Waals surface area contributed by atoms with Crippen LogP contribution in [-0.2, 0) is 12.0 Å². The second-order valence-electron chi connectivity index (χ2n) is 9.09. The van der Waals surface area contributed by atoms with E-state index in [1.807, 2.05) is 30.4 Å². The van der Waals surface area contributed by atoms with Crippen LogP contribution in [0.5, 0.6) is 0 Å². The van der Waals surface area contributed by atoms with E-state index in [0.717, 1.165) is 12.8 Å². The van der Waals surface area contributed by atoms with E-state index in [1.165, 1.54) is 0 Å². The van der Waals surface area contributed by atoms with E-state index in [9.17, 15) is 10.2 Å². The van der Waals surface area contributed by atoms with Gasteiger partial charge >= 0.3 is 0 Å². The zero-order valence-electron chi connectivity index (χ0n) is 17.3. The molecular formula is C18H26N10O2. The molecule has 4 heterocycles. The van der Waals surface area contributed by atoms with Gasteiger partial charge in [-0.1, -0.05) is 20.8 Å². The maximum Gasteiger partial charge on any atom is 0.207 e. The molecule has 1 aliphatic carbocycles. The molecule has 0 bridgehead atoms. The monoisotopic (exact) mass is 414 g/mol. The number of hydrogen-bond donors (Lipinski definition) is 2. The van der Waals surface area contributed by atoms with Crippen molar-refractivity contribution in [2.45, 2.75) is 70.2 Å². The molecule has 12 heteroatoms. The Morgan fingerprint density at radius 1 is 1.10 bits per heavy atom. The lowest BCUT2D eigenvalue weighted by Gasteiger charge is -2.27. The average molecular weight is 414 g/mol. The van der Waals surface area contributed by atoms with Crippen molar-refractivity contribution in [1.29, 1.82) is 0 Å². The number of aromatic nitrogens is 9. The zero-order valence-corrected chi connectivity index (χ0v) is 17.3. The number of rotatable bonds is 5. The second-order valence-corrected chi connectivity index (χ2v) is 9.09. The van der Waals surface area contributed by atoms with E-state index in [2.05, 4.69) is 30.7 Å². The molecule has 160 valence electrons. The number of hydrogen-bond acceptors (Lipinski definition) is 10. The molecule has 1 aliphatic heterocycles. The maximum atomic E-state index is 10.3. The quantitative estimate of drug-likeness (QED) is 0.577. The Labute approximate surface area is 172 Å². The second kappa shape index (κ2) is 6.91. The van der Waals surface area contributed by atoms with Crippen LogP contribution in [0.15, 0.2) is 0 Å². The molecule has 3 aromatic heterocycles. The molecule has 5 rings (SSSR count). The predicted molar refractivity (Wildman–Crippen MR) is 106 cm³/mol. The molecule has 2 aliphatic rings. The standard InChI is InChI=1S/C18H26N10O2/c1-18(2,3)17-19-15-14(16(20-17)26-7-6-12(30)11(26)9-29)22-27(23-15)8-13-21-24-25-28(13)10-4-5-10/h10-12,29-30H,4-9H2,1-3H3/t11-,12-/m0/s1. The van der Waals surface area contributed by atoms with Crippen molar-refractivity contribution in [1.82, 2.24) is 45.2 Å². The summed E-state index contributed by atoms with van der Waals surface area (Å²) in [6.45, 7) is 6.85. The molecule has 30 heavy (non-hydrogen) atoms. The van der Waals surface area contributed by atoms with Gasteiger partial charge in [0.2, 0.25) is 5.65 Å². The molecule has 2 N–H and O–H groups in total. The summed E-state index contributed by atoms with van der Waals surface area (Å²) in [4.78, 5) is 12.9. The minimum Gasteiger partial charge on any atom is -0.394 e. The minimum absolute atomic E-state index is 0.165. The topological polar surface area (TPSA) is 144 Å². The van der Waals surface area contributed by atoms with Crippen molar-refractivity contribution < 1.29 is 10.2 Å². The zero-order chi connectivity index (χ0) is 21.0. The molecule has 3 aromatic rings. The highest BCUT2D eigenvalue weighted by Crippen LogP contribution is 2.35. The van der Waals surface area contributed by atoms with Crippen LogP contribution in [-0.4, -0.2) is 80.7 Å². The Bertz CT molecular complexity index is 1070. The van der Waals surface area contributed by atoms with E-state index in [-0.39, 0.29) is 12.0 Å². The fraction of sp³-hybridized carbons (Fsp3) is 0.722. The first-order valence-electron chi connectivity index (χ1n) is 10.3. The SMILES string of the molecule is CC(C)(C)c1nc(N2CC[C@H](O)[C@@H]2CO)c2nn(Cc3nnnn3C3CC3)nc2n1. The number of anilines is 1. The van der Waals surface area contributed by atoms with Crippen LogP contribution >= 0.6 is 0 Å². The summed E-state index contributed by atoms with van der Waals surface area (Å²) in [5.41, 5.74) is 0.727. The largest absolute Gasteiger partial charge is 0.394 e. The van der Waals surface area contributed by atoms with E-state index in [0.29, 0.717) is 54.2 Å². The Morgan fingerprint density at radius 3 is 2.60 bits per heavy atom. The summed E-state index contributed by atoms with van der Waals surface area (Å²) in [5, 5.41) is 41.3. The molecule has 0 aromatic carbocycles. The summed E-state index contributed by atoms with van der Waals surface area (Å²) < 4.78 is 1.83. The maximum absolute atomic E-state index is 10.3. The smallest absolute Gasteiger partial charge is 0.207 e. The third-order valence-electron chi connectivity index (χ3n) is 5.65. The molecule has 1 saturated heterocycles. The van der Waals surface area contributed by atoms with Gasteiger partial charge in [-0.15, -0.1) is 15.3 Å². The van der Waals surface area contributed by atoms with E-state index in [1.54, 1.807) is 4.80 Å². The molecule has 0 amide bonds. The molecule has 0 unspecified atom stereocenters. The van der Waals surface area contributed by atoms with Crippen LogP contribution in [0.1, 0.15) is 57.7 Å². The average Bonchev–Trinajstić information content (AvgIpc) is 3.11. The molecule has 0 radical (unpaired) electrons. The molecule has 0 spiro atoms. The summed E-state index contributed by atoms with van der Waals surface area (Å²) in [7, 11) is 0. The molecule has 1 saturated carbocycles. The Morgan fingerprint density at radius 2 is 1.90 bits per heavy atom. The summed E-state index contributed by atoms with van der Waals surface area (Å²) >= 11 is 0. The van der Waals surface area contributed by atoms with Gasteiger partial charge in [0.25, 0.3) is 0 Å². The predicted octanol–water partition coefficient (Wildman–Crippen LogP) is -0.180. The number of aliphatic hydroxyl groups excluding tert-OH is 2. The van der Waals surface area contributed by atoms with Gasteiger partial charge in [0, 0.05) is 12.0 Å². The third kappa shape index (κ3) is 3.29. The molecular weight excluding hydrogens is 388 g/mol.